The molecular formula is C15H17IN2. The lowest BCUT2D eigenvalue weighted by molar-refractivity contribution is 0.355. The van der Waals surface area contributed by atoms with Crippen molar-refractivity contribution in [2.45, 2.75) is 38.1 Å². The average Bonchev–Trinajstić information content (AvgIpc) is 2.90. The fourth-order valence-corrected chi connectivity index (χ4v) is 3.15. The number of hydrogen-bond acceptors (Lipinski definition) is 1. The second-order valence-corrected chi connectivity index (χ2v) is 6.20. The smallest absolute Gasteiger partial charge is 0.140 e. The number of halogens is 1. The highest BCUT2D eigenvalue weighted by Crippen LogP contribution is 2.31. The Balaban J connectivity index is 1.93. The summed E-state index contributed by atoms with van der Waals surface area (Å²) in [6, 6.07) is 9.29. The zero-order chi connectivity index (χ0) is 12.4. The largest absolute Gasteiger partial charge is 0.328 e. The quantitative estimate of drug-likeness (QED) is 0.719. The molecule has 1 aromatic carbocycles. The van der Waals surface area contributed by atoms with Crippen molar-refractivity contribution in [3.05, 3.63) is 40.2 Å². The lowest BCUT2D eigenvalue weighted by Gasteiger charge is -2.24. The first-order valence-electron chi connectivity index (χ1n) is 6.63. The minimum Gasteiger partial charge on any atom is -0.328 e. The zero-order valence-electron chi connectivity index (χ0n) is 10.3. The monoisotopic (exact) mass is 352 g/mol. The van der Waals surface area contributed by atoms with Crippen LogP contribution in [0.2, 0.25) is 0 Å². The molecule has 0 amide bonds. The number of rotatable bonds is 2. The van der Waals surface area contributed by atoms with Crippen LogP contribution < -0.4 is 0 Å². The van der Waals surface area contributed by atoms with Crippen molar-refractivity contribution in [2.24, 2.45) is 0 Å². The van der Waals surface area contributed by atoms with E-state index in [1.165, 1.54) is 41.2 Å². The van der Waals surface area contributed by atoms with E-state index < -0.39 is 0 Å². The third-order valence-corrected chi connectivity index (χ3v) is 4.46. The third kappa shape index (κ3) is 2.46. The molecule has 0 saturated heterocycles. The first-order valence-corrected chi connectivity index (χ1v) is 7.71. The van der Waals surface area contributed by atoms with E-state index in [0.29, 0.717) is 6.04 Å². The van der Waals surface area contributed by atoms with Gasteiger partial charge in [-0.3, -0.25) is 0 Å². The van der Waals surface area contributed by atoms with E-state index in [2.05, 4.69) is 62.6 Å². The lowest BCUT2D eigenvalue weighted by Crippen LogP contribution is -2.13. The minimum absolute atomic E-state index is 0.649. The summed E-state index contributed by atoms with van der Waals surface area (Å²) in [5.74, 6) is 1.12. The summed E-state index contributed by atoms with van der Waals surface area (Å²) in [7, 11) is 0. The maximum absolute atomic E-state index is 4.55. The van der Waals surface area contributed by atoms with E-state index in [-0.39, 0.29) is 0 Å². The molecular weight excluding hydrogens is 335 g/mol. The number of nitrogens with zero attached hydrogens (tertiary/aromatic N) is 2. The van der Waals surface area contributed by atoms with Gasteiger partial charge in [0.2, 0.25) is 0 Å². The van der Waals surface area contributed by atoms with Crippen molar-refractivity contribution in [2.75, 3.05) is 0 Å². The van der Waals surface area contributed by atoms with Gasteiger partial charge in [-0.25, -0.2) is 4.98 Å². The molecule has 1 aromatic heterocycles. The Morgan fingerprint density at radius 1 is 1.06 bits per heavy atom. The Hall–Kier alpha value is -0.840. The van der Waals surface area contributed by atoms with Crippen LogP contribution in [-0.2, 0) is 0 Å². The van der Waals surface area contributed by atoms with Crippen LogP contribution in [0.5, 0.6) is 0 Å². The van der Waals surface area contributed by atoms with Crippen LogP contribution in [0.1, 0.15) is 38.1 Å². The molecule has 0 atom stereocenters. The third-order valence-electron chi connectivity index (χ3n) is 3.74. The van der Waals surface area contributed by atoms with E-state index in [9.17, 15) is 0 Å². The molecule has 1 saturated carbocycles. The molecule has 1 aliphatic carbocycles. The van der Waals surface area contributed by atoms with Gasteiger partial charge in [0.1, 0.15) is 5.82 Å². The SMILES string of the molecule is Ic1ccc(-c2nccn2C2CCCCC2)cc1. The zero-order valence-corrected chi connectivity index (χ0v) is 12.5. The van der Waals surface area contributed by atoms with Gasteiger partial charge in [0.15, 0.2) is 0 Å². The molecule has 0 aliphatic heterocycles. The maximum atomic E-state index is 4.55. The highest BCUT2D eigenvalue weighted by atomic mass is 127. The maximum Gasteiger partial charge on any atom is 0.140 e. The molecule has 0 bridgehead atoms. The molecule has 3 heteroatoms. The van der Waals surface area contributed by atoms with Crippen LogP contribution in [0, 0.1) is 3.57 Å². The van der Waals surface area contributed by atoms with Crippen molar-refractivity contribution in [1.82, 2.24) is 9.55 Å². The fourth-order valence-electron chi connectivity index (χ4n) is 2.79. The summed E-state index contributed by atoms with van der Waals surface area (Å²) in [5, 5.41) is 0. The molecule has 0 spiro atoms. The predicted octanol–water partition coefficient (Wildman–Crippen LogP) is 4.66. The van der Waals surface area contributed by atoms with Crippen molar-refractivity contribution >= 4 is 22.6 Å². The molecule has 18 heavy (non-hydrogen) atoms. The molecule has 0 unspecified atom stereocenters. The minimum atomic E-state index is 0.649. The molecule has 1 aliphatic rings. The fraction of sp³-hybridized carbons (Fsp3) is 0.400. The first kappa shape index (κ1) is 12.2. The van der Waals surface area contributed by atoms with Crippen molar-refractivity contribution in [3.8, 4) is 11.4 Å². The first-order chi connectivity index (χ1) is 8.84. The van der Waals surface area contributed by atoms with Gasteiger partial charge in [-0.15, -0.1) is 0 Å². The predicted molar refractivity (Wildman–Crippen MR) is 82.5 cm³/mol. The van der Waals surface area contributed by atoms with Gasteiger partial charge in [-0.1, -0.05) is 31.4 Å². The molecule has 1 heterocycles. The van der Waals surface area contributed by atoms with Crippen LogP contribution in [0.25, 0.3) is 11.4 Å². The average molecular weight is 352 g/mol. The number of benzene rings is 1. The standard InChI is InChI=1S/C15H17IN2/c16-13-8-6-12(7-9-13)15-17-10-11-18(15)14-4-2-1-3-5-14/h6-11,14H,1-5H2. The van der Waals surface area contributed by atoms with Crippen LogP contribution in [-0.4, -0.2) is 9.55 Å². The van der Waals surface area contributed by atoms with Gasteiger partial charge in [0, 0.05) is 27.6 Å². The van der Waals surface area contributed by atoms with Gasteiger partial charge < -0.3 is 4.57 Å². The van der Waals surface area contributed by atoms with Crippen molar-refractivity contribution < 1.29 is 0 Å². The van der Waals surface area contributed by atoms with Gasteiger partial charge >= 0.3 is 0 Å². The van der Waals surface area contributed by atoms with Crippen LogP contribution in [0.15, 0.2) is 36.7 Å². The molecule has 0 N–H and O–H groups in total. The van der Waals surface area contributed by atoms with Gasteiger partial charge in [0.05, 0.1) is 0 Å². The Morgan fingerprint density at radius 3 is 2.50 bits per heavy atom. The molecule has 0 radical (unpaired) electrons. The normalized spacial score (nSPS) is 16.9. The molecule has 3 rings (SSSR count). The van der Waals surface area contributed by atoms with E-state index in [1.807, 2.05) is 6.20 Å². The summed E-state index contributed by atoms with van der Waals surface area (Å²) in [4.78, 5) is 4.55. The van der Waals surface area contributed by atoms with Crippen molar-refractivity contribution in [3.63, 3.8) is 0 Å². The van der Waals surface area contributed by atoms with E-state index >= 15 is 0 Å². The molecule has 2 aromatic rings. The lowest BCUT2D eigenvalue weighted by atomic mass is 9.95. The second-order valence-electron chi connectivity index (χ2n) is 4.96. The summed E-state index contributed by atoms with van der Waals surface area (Å²) < 4.78 is 3.65. The molecule has 2 nitrogen and oxygen atoms in total. The van der Waals surface area contributed by atoms with Gasteiger partial charge in [-0.05, 0) is 47.6 Å². The topological polar surface area (TPSA) is 17.8 Å². The molecule has 94 valence electrons. The Kier molecular flexibility index (Phi) is 3.68. The van der Waals surface area contributed by atoms with Crippen LogP contribution in [0.3, 0.4) is 0 Å². The Bertz CT molecular complexity index is 510. The van der Waals surface area contributed by atoms with Crippen LogP contribution >= 0.6 is 22.6 Å². The van der Waals surface area contributed by atoms with Gasteiger partial charge in [-0.2, -0.15) is 0 Å². The van der Waals surface area contributed by atoms with E-state index in [0.717, 1.165) is 5.82 Å². The summed E-state index contributed by atoms with van der Waals surface area (Å²) in [6.07, 6.45) is 10.8. The summed E-state index contributed by atoms with van der Waals surface area (Å²) >= 11 is 2.34. The van der Waals surface area contributed by atoms with E-state index in [1.54, 1.807) is 0 Å². The van der Waals surface area contributed by atoms with Crippen LogP contribution in [0.4, 0.5) is 0 Å². The Morgan fingerprint density at radius 2 is 1.78 bits per heavy atom. The van der Waals surface area contributed by atoms with E-state index in [4.69, 9.17) is 0 Å². The Labute approximate surface area is 122 Å². The molecule has 1 fully saturated rings. The summed E-state index contributed by atoms with van der Waals surface area (Å²) in [6.45, 7) is 0. The summed E-state index contributed by atoms with van der Waals surface area (Å²) in [5.41, 5.74) is 1.23. The van der Waals surface area contributed by atoms with Crippen molar-refractivity contribution in [1.29, 1.82) is 0 Å². The highest BCUT2D eigenvalue weighted by Gasteiger charge is 2.18. The van der Waals surface area contributed by atoms with Gasteiger partial charge in [0.25, 0.3) is 0 Å². The highest BCUT2D eigenvalue weighted by molar-refractivity contribution is 14.1. The number of aromatic nitrogens is 2. The number of imidazole rings is 1. The second kappa shape index (κ2) is 5.43. The number of hydrogen-bond donors (Lipinski definition) is 0.